The zero-order valence-electron chi connectivity index (χ0n) is 9.73. The lowest BCUT2D eigenvalue weighted by Gasteiger charge is -2.41. The van der Waals surface area contributed by atoms with E-state index in [1.165, 1.54) is 0 Å². The monoisotopic (exact) mass is 226 g/mol. The largest absolute Gasteiger partial charge is 0.515 e. The van der Waals surface area contributed by atoms with E-state index >= 15 is 0 Å². The van der Waals surface area contributed by atoms with Crippen molar-refractivity contribution >= 4 is 5.78 Å². The van der Waals surface area contributed by atoms with Crippen LogP contribution in [0.15, 0.2) is 11.8 Å². The fraction of sp³-hybridized carbons (Fsp3) is 0.750. The molecule has 1 N–H and O–H groups in total. The highest BCUT2D eigenvalue weighted by Gasteiger charge is 2.51. The molecule has 0 aromatic rings. The van der Waals surface area contributed by atoms with Crippen molar-refractivity contribution in [3.63, 3.8) is 0 Å². The molecule has 1 aliphatic carbocycles. The molecule has 1 saturated heterocycles. The Balaban J connectivity index is 2.30. The zero-order valence-corrected chi connectivity index (χ0v) is 9.73. The smallest absolute Gasteiger partial charge is 0.173 e. The second-order valence-electron chi connectivity index (χ2n) is 4.78. The normalized spacial score (nSPS) is 39.5. The number of hydrogen-bond donors (Lipinski definition) is 1. The van der Waals surface area contributed by atoms with Gasteiger partial charge in [0.25, 0.3) is 0 Å². The number of carbonyl (C=O) groups excluding carboxylic acids is 1. The molecule has 1 aliphatic heterocycles. The number of ether oxygens (including phenoxy) is 2. The van der Waals surface area contributed by atoms with Crippen LogP contribution in [0.1, 0.15) is 26.7 Å². The van der Waals surface area contributed by atoms with Crippen LogP contribution in [0.5, 0.6) is 0 Å². The summed E-state index contributed by atoms with van der Waals surface area (Å²) in [5.41, 5.74) is -0.178. The first-order valence-electron chi connectivity index (χ1n) is 5.72. The maximum atomic E-state index is 12.3. The van der Waals surface area contributed by atoms with Crippen LogP contribution < -0.4 is 0 Å². The summed E-state index contributed by atoms with van der Waals surface area (Å²) in [4.78, 5) is 12.3. The Bertz CT molecular complexity index is 317. The third kappa shape index (κ3) is 1.57. The molecule has 2 atom stereocenters. The third-order valence-corrected chi connectivity index (χ3v) is 3.92. The highest BCUT2D eigenvalue weighted by Crippen LogP contribution is 2.45. The van der Waals surface area contributed by atoms with Crippen LogP contribution in [0, 0.1) is 11.3 Å². The second-order valence-corrected chi connectivity index (χ2v) is 4.78. The molecule has 2 rings (SSSR count). The van der Waals surface area contributed by atoms with Gasteiger partial charge in [0, 0.05) is 5.57 Å². The lowest BCUT2D eigenvalue weighted by Crippen LogP contribution is -2.48. The van der Waals surface area contributed by atoms with Crippen LogP contribution in [-0.4, -0.2) is 30.4 Å². The molecule has 0 unspecified atom stereocenters. The molecule has 4 heteroatoms. The van der Waals surface area contributed by atoms with Gasteiger partial charge in [0.1, 0.15) is 0 Å². The standard InChI is InChI=1S/C12H18O4/c1-8-3-4-9(7-13)10(14)12(8,2)11-15-5-6-16-11/h7-8,11,13H,3-6H2,1-2H3/b9-7-/t8-,12+/m1/s1. The summed E-state index contributed by atoms with van der Waals surface area (Å²) in [5.74, 6) is 0.160. The van der Waals surface area contributed by atoms with Crippen molar-refractivity contribution in [3.8, 4) is 0 Å². The summed E-state index contributed by atoms with van der Waals surface area (Å²) >= 11 is 0. The van der Waals surface area contributed by atoms with E-state index in [2.05, 4.69) is 0 Å². The Morgan fingerprint density at radius 3 is 2.62 bits per heavy atom. The van der Waals surface area contributed by atoms with E-state index in [1.54, 1.807) is 0 Å². The molecule has 2 aliphatic rings. The summed E-state index contributed by atoms with van der Waals surface area (Å²) < 4.78 is 11.0. The molecular weight excluding hydrogens is 208 g/mol. The molecule has 1 saturated carbocycles. The van der Waals surface area contributed by atoms with Gasteiger partial charge in [0.05, 0.1) is 24.9 Å². The van der Waals surface area contributed by atoms with Gasteiger partial charge in [-0.3, -0.25) is 4.79 Å². The molecule has 0 aromatic carbocycles. The Morgan fingerprint density at radius 1 is 1.44 bits per heavy atom. The molecule has 2 fully saturated rings. The van der Waals surface area contributed by atoms with E-state index < -0.39 is 11.7 Å². The Hall–Kier alpha value is -0.870. The molecule has 1 heterocycles. The van der Waals surface area contributed by atoms with Gasteiger partial charge in [0.2, 0.25) is 0 Å². The van der Waals surface area contributed by atoms with Crippen LogP contribution in [-0.2, 0) is 14.3 Å². The van der Waals surface area contributed by atoms with Crippen LogP contribution in [0.4, 0.5) is 0 Å². The Kier molecular flexibility index (Phi) is 3.04. The number of aliphatic hydroxyl groups excluding tert-OH is 1. The molecule has 16 heavy (non-hydrogen) atoms. The van der Waals surface area contributed by atoms with Gasteiger partial charge in [-0.05, 0) is 25.7 Å². The maximum Gasteiger partial charge on any atom is 0.173 e. The number of ketones is 1. The first-order chi connectivity index (χ1) is 7.60. The Morgan fingerprint density at radius 2 is 2.06 bits per heavy atom. The van der Waals surface area contributed by atoms with Crippen molar-refractivity contribution in [1.82, 2.24) is 0 Å². The van der Waals surface area contributed by atoms with Crippen LogP contribution in [0.2, 0.25) is 0 Å². The molecule has 90 valence electrons. The number of Topliss-reactive ketones (excluding diaryl/α,β-unsaturated/α-hetero) is 1. The van der Waals surface area contributed by atoms with Gasteiger partial charge in [-0.1, -0.05) is 6.92 Å². The summed E-state index contributed by atoms with van der Waals surface area (Å²) in [6.45, 7) is 4.99. The molecular formula is C12H18O4. The minimum absolute atomic E-state index is 0.0411. The Labute approximate surface area is 95.2 Å². The van der Waals surface area contributed by atoms with Gasteiger partial charge < -0.3 is 14.6 Å². The number of allylic oxidation sites excluding steroid dienone is 1. The first kappa shape index (κ1) is 11.6. The third-order valence-electron chi connectivity index (χ3n) is 3.92. The number of rotatable bonds is 1. The van der Waals surface area contributed by atoms with E-state index in [0.717, 1.165) is 12.7 Å². The molecule has 0 aromatic heterocycles. The lowest BCUT2D eigenvalue weighted by molar-refractivity contribution is -0.169. The molecule has 0 radical (unpaired) electrons. The van der Waals surface area contributed by atoms with E-state index in [-0.39, 0.29) is 11.7 Å². The highest BCUT2D eigenvalue weighted by molar-refractivity contribution is 6.00. The summed E-state index contributed by atoms with van der Waals surface area (Å²) in [6, 6.07) is 0. The molecule has 4 nitrogen and oxygen atoms in total. The van der Waals surface area contributed by atoms with Crippen molar-refractivity contribution in [2.75, 3.05) is 13.2 Å². The number of aliphatic hydroxyl groups is 1. The van der Waals surface area contributed by atoms with E-state index in [1.807, 2.05) is 13.8 Å². The van der Waals surface area contributed by atoms with Crippen molar-refractivity contribution in [3.05, 3.63) is 11.8 Å². The van der Waals surface area contributed by atoms with Gasteiger partial charge >= 0.3 is 0 Å². The average Bonchev–Trinajstić information content (AvgIpc) is 2.80. The molecule has 0 bridgehead atoms. The van der Waals surface area contributed by atoms with Gasteiger partial charge in [-0.15, -0.1) is 0 Å². The van der Waals surface area contributed by atoms with Crippen LogP contribution in [0.25, 0.3) is 0 Å². The number of carbonyl (C=O) groups is 1. The van der Waals surface area contributed by atoms with Crippen molar-refractivity contribution in [2.24, 2.45) is 11.3 Å². The summed E-state index contributed by atoms with van der Waals surface area (Å²) in [6.07, 6.45) is 1.98. The van der Waals surface area contributed by atoms with E-state index in [9.17, 15) is 4.79 Å². The van der Waals surface area contributed by atoms with Crippen molar-refractivity contribution in [2.45, 2.75) is 33.0 Å². The SMILES string of the molecule is C[C@@H]1CC/C(=C/O)C(=O)[C@@]1(C)C1OCCO1. The average molecular weight is 226 g/mol. The minimum atomic E-state index is -0.663. The van der Waals surface area contributed by atoms with Crippen LogP contribution in [0.3, 0.4) is 0 Å². The topological polar surface area (TPSA) is 55.8 Å². The predicted molar refractivity (Wildman–Crippen MR) is 57.9 cm³/mol. The predicted octanol–water partition coefficient (Wildman–Crippen LogP) is 1.81. The first-order valence-corrected chi connectivity index (χ1v) is 5.72. The van der Waals surface area contributed by atoms with Gasteiger partial charge in [-0.25, -0.2) is 0 Å². The van der Waals surface area contributed by atoms with E-state index in [4.69, 9.17) is 14.6 Å². The minimum Gasteiger partial charge on any atom is -0.515 e. The summed E-state index contributed by atoms with van der Waals surface area (Å²) in [7, 11) is 0. The maximum absolute atomic E-state index is 12.3. The van der Waals surface area contributed by atoms with Gasteiger partial charge in [-0.2, -0.15) is 0 Å². The summed E-state index contributed by atoms with van der Waals surface area (Å²) in [5, 5.41) is 9.06. The number of hydrogen-bond acceptors (Lipinski definition) is 4. The van der Waals surface area contributed by atoms with Gasteiger partial charge in [0.15, 0.2) is 12.1 Å². The van der Waals surface area contributed by atoms with Crippen LogP contribution >= 0.6 is 0 Å². The van der Waals surface area contributed by atoms with E-state index in [0.29, 0.717) is 25.2 Å². The fourth-order valence-electron chi connectivity index (χ4n) is 2.52. The van der Waals surface area contributed by atoms with Crippen molar-refractivity contribution < 1.29 is 19.4 Å². The molecule has 0 spiro atoms. The zero-order chi connectivity index (χ0) is 11.8. The lowest BCUT2D eigenvalue weighted by atomic mass is 9.65. The van der Waals surface area contributed by atoms with Crippen molar-refractivity contribution in [1.29, 1.82) is 0 Å². The fourth-order valence-corrected chi connectivity index (χ4v) is 2.52. The second kappa shape index (κ2) is 4.18. The molecule has 0 amide bonds. The highest BCUT2D eigenvalue weighted by atomic mass is 16.7. The quantitative estimate of drug-likeness (QED) is 0.547.